The van der Waals surface area contributed by atoms with Crippen LogP contribution in [0.15, 0.2) is 47.5 Å². The number of hydrogen-bond acceptors (Lipinski definition) is 5. The van der Waals surface area contributed by atoms with E-state index in [4.69, 9.17) is 0 Å². The first kappa shape index (κ1) is 18.9. The van der Waals surface area contributed by atoms with Gasteiger partial charge < -0.3 is 10.2 Å². The summed E-state index contributed by atoms with van der Waals surface area (Å²) in [4.78, 5) is 18.9. The van der Waals surface area contributed by atoms with Gasteiger partial charge in [-0.15, -0.1) is 0 Å². The number of nitrogens with zero attached hydrogens (tertiary/aromatic N) is 3. The Kier molecular flexibility index (Phi) is 5.07. The van der Waals surface area contributed by atoms with Crippen LogP contribution in [0.5, 0.6) is 0 Å². The van der Waals surface area contributed by atoms with Crippen molar-refractivity contribution in [3.05, 3.63) is 48.2 Å². The molecule has 1 aromatic carbocycles. The lowest BCUT2D eigenvalue weighted by molar-refractivity contribution is -0.117. The number of aryl methyl sites for hydroxylation is 1. The molecule has 148 valence electrons. The lowest BCUT2D eigenvalue weighted by atomic mass is 10.2. The van der Waals surface area contributed by atoms with Crippen molar-refractivity contribution in [2.24, 2.45) is 0 Å². The molecule has 0 aliphatic carbocycles. The van der Waals surface area contributed by atoms with E-state index in [1.807, 2.05) is 31.2 Å². The minimum Gasteiger partial charge on any atom is -0.358 e. The third-order valence-electron chi connectivity index (χ3n) is 5.31. The third kappa shape index (κ3) is 3.62. The number of benzene rings is 1. The number of carbonyl (C=O) groups is 1. The lowest BCUT2D eigenvalue weighted by Crippen LogP contribution is -2.33. The first-order chi connectivity index (χ1) is 13.4. The normalized spacial score (nSPS) is 20.7. The van der Waals surface area contributed by atoms with Crippen molar-refractivity contribution in [1.29, 1.82) is 0 Å². The van der Waals surface area contributed by atoms with Crippen LogP contribution in [0.2, 0.25) is 0 Å². The van der Waals surface area contributed by atoms with Crippen LogP contribution in [0.3, 0.4) is 0 Å². The van der Waals surface area contributed by atoms with Gasteiger partial charge in [0, 0.05) is 31.5 Å². The molecule has 28 heavy (non-hydrogen) atoms. The van der Waals surface area contributed by atoms with Crippen molar-refractivity contribution in [1.82, 2.24) is 9.29 Å². The van der Waals surface area contributed by atoms with Crippen LogP contribution in [0.4, 0.5) is 11.5 Å². The highest BCUT2D eigenvalue weighted by Crippen LogP contribution is 2.25. The maximum Gasteiger partial charge on any atom is 0.249 e. The van der Waals surface area contributed by atoms with Crippen LogP contribution in [-0.4, -0.2) is 49.3 Å². The van der Waals surface area contributed by atoms with Crippen molar-refractivity contribution in [2.45, 2.75) is 37.1 Å². The number of nitrogens with one attached hydrogen (secondary N) is 1. The number of anilines is 2. The largest absolute Gasteiger partial charge is 0.358 e. The molecule has 4 rings (SSSR count). The predicted molar refractivity (Wildman–Crippen MR) is 108 cm³/mol. The van der Waals surface area contributed by atoms with Gasteiger partial charge in [-0.25, -0.2) is 13.4 Å². The Bertz CT molecular complexity index is 952. The number of pyridine rings is 1. The fraction of sp³-hybridized carbons (Fsp3) is 0.400. The monoisotopic (exact) mass is 400 g/mol. The molecule has 2 fully saturated rings. The second-order valence-electron chi connectivity index (χ2n) is 7.30. The van der Waals surface area contributed by atoms with Gasteiger partial charge >= 0.3 is 0 Å². The molecule has 1 aromatic heterocycles. The van der Waals surface area contributed by atoms with Crippen molar-refractivity contribution < 1.29 is 13.2 Å². The summed E-state index contributed by atoms with van der Waals surface area (Å²) in [6, 6.07) is 10.7. The highest BCUT2D eigenvalue weighted by Gasteiger charge is 2.33. The SMILES string of the molecule is Cc1ccc(N2CCC(Nc3ccc(S(=O)(=O)N4CCCC4)cn3)C2=O)cc1. The van der Waals surface area contributed by atoms with E-state index in [0.717, 1.165) is 24.1 Å². The van der Waals surface area contributed by atoms with Gasteiger partial charge in [0.1, 0.15) is 16.8 Å². The summed E-state index contributed by atoms with van der Waals surface area (Å²) in [5.74, 6) is 0.504. The van der Waals surface area contributed by atoms with E-state index in [2.05, 4.69) is 10.3 Å². The number of hydrogen-bond donors (Lipinski definition) is 1. The zero-order valence-corrected chi connectivity index (χ0v) is 16.7. The van der Waals surface area contributed by atoms with Crippen molar-refractivity contribution in [3.63, 3.8) is 0 Å². The minimum atomic E-state index is -3.47. The van der Waals surface area contributed by atoms with E-state index in [9.17, 15) is 13.2 Å². The zero-order valence-electron chi connectivity index (χ0n) is 15.8. The maximum absolute atomic E-state index is 12.7. The third-order valence-corrected chi connectivity index (χ3v) is 7.19. The van der Waals surface area contributed by atoms with Crippen LogP contribution in [0, 0.1) is 6.92 Å². The number of amides is 1. The first-order valence-corrected chi connectivity index (χ1v) is 11.0. The topological polar surface area (TPSA) is 82.6 Å². The van der Waals surface area contributed by atoms with E-state index in [1.54, 1.807) is 17.0 Å². The molecule has 2 aliphatic heterocycles. The van der Waals surface area contributed by atoms with Gasteiger partial charge in [0.15, 0.2) is 0 Å². The molecule has 7 nitrogen and oxygen atoms in total. The van der Waals surface area contributed by atoms with E-state index in [-0.39, 0.29) is 16.8 Å². The molecular weight excluding hydrogens is 376 g/mol. The van der Waals surface area contributed by atoms with Crippen LogP contribution in [0.1, 0.15) is 24.8 Å². The molecule has 3 heterocycles. The summed E-state index contributed by atoms with van der Waals surface area (Å²) >= 11 is 0. The lowest BCUT2D eigenvalue weighted by Gasteiger charge is -2.18. The molecule has 8 heteroatoms. The maximum atomic E-state index is 12.7. The minimum absolute atomic E-state index is 0.000539. The van der Waals surface area contributed by atoms with Gasteiger partial charge in [-0.2, -0.15) is 4.31 Å². The second-order valence-corrected chi connectivity index (χ2v) is 9.24. The molecular formula is C20H24N4O3S. The standard InChI is InChI=1S/C20H24N4O3S/c1-15-4-6-16(7-5-15)24-13-10-18(20(24)25)22-19-9-8-17(14-21-19)28(26,27)23-11-2-3-12-23/h4-9,14,18H,2-3,10-13H2,1H3,(H,21,22). The Labute approximate surface area is 165 Å². The van der Waals surface area contributed by atoms with Crippen LogP contribution < -0.4 is 10.2 Å². The molecule has 0 bridgehead atoms. The van der Waals surface area contributed by atoms with Crippen molar-refractivity contribution >= 4 is 27.4 Å². The second kappa shape index (κ2) is 7.52. The van der Waals surface area contributed by atoms with Crippen LogP contribution in [0.25, 0.3) is 0 Å². The van der Waals surface area contributed by atoms with Crippen LogP contribution >= 0.6 is 0 Å². The Morgan fingerprint density at radius 1 is 1.04 bits per heavy atom. The molecule has 0 spiro atoms. The van der Waals surface area contributed by atoms with Crippen LogP contribution in [-0.2, 0) is 14.8 Å². The Hall–Kier alpha value is -2.45. The fourth-order valence-electron chi connectivity index (χ4n) is 3.67. The van der Waals surface area contributed by atoms with Gasteiger partial charge in [0.05, 0.1) is 0 Å². The number of sulfonamides is 1. The highest BCUT2D eigenvalue weighted by atomic mass is 32.2. The summed E-state index contributed by atoms with van der Waals surface area (Å²) < 4.78 is 26.6. The van der Waals surface area contributed by atoms with Gasteiger partial charge in [-0.1, -0.05) is 17.7 Å². The van der Waals surface area contributed by atoms with E-state index >= 15 is 0 Å². The summed E-state index contributed by atoms with van der Waals surface area (Å²) in [6.07, 6.45) is 3.83. The highest BCUT2D eigenvalue weighted by molar-refractivity contribution is 7.89. The summed E-state index contributed by atoms with van der Waals surface area (Å²) in [7, 11) is -3.47. The van der Waals surface area contributed by atoms with Gasteiger partial charge in [-0.3, -0.25) is 4.79 Å². The quantitative estimate of drug-likeness (QED) is 0.833. The molecule has 1 atom stereocenters. The number of aromatic nitrogens is 1. The van der Waals surface area contributed by atoms with Crippen molar-refractivity contribution in [2.75, 3.05) is 29.9 Å². The van der Waals surface area contributed by atoms with E-state index < -0.39 is 10.0 Å². The van der Waals surface area contributed by atoms with Gasteiger partial charge in [0.2, 0.25) is 15.9 Å². The Morgan fingerprint density at radius 3 is 2.39 bits per heavy atom. The van der Waals surface area contributed by atoms with E-state index in [0.29, 0.717) is 31.9 Å². The smallest absolute Gasteiger partial charge is 0.249 e. The molecule has 1 unspecified atom stereocenters. The average Bonchev–Trinajstić information content (AvgIpc) is 3.35. The fourth-order valence-corrected chi connectivity index (χ4v) is 5.13. The number of rotatable bonds is 5. The first-order valence-electron chi connectivity index (χ1n) is 9.56. The molecule has 0 saturated carbocycles. The summed E-state index contributed by atoms with van der Waals surface area (Å²) in [6.45, 7) is 3.78. The summed E-state index contributed by atoms with van der Waals surface area (Å²) in [5, 5.41) is 3.14. The Morgan fingerprint density at radius 2 is 1.75 bits per heavy atom. The molecule has 1 N–H and O–H groups in total. The summed E-state index contributed by atoms with van der Waals surface area (Å²) in [5.41, 5.74) is 2.04. The van der Waals surface area contributed by atoms with Gasteiger partial charge in [0.25, 0.3) is 0 Å². The molecule has 2 aromatic rings. The molecule has 0 radical (unpaired) electrons. The molecule has 2 aliphatic rings. The van der Waals surface area contributed by atoms with E-state index in [1.165, 1.54) is 10.5 Å². The molecule has 2 saturated heterocycles. The van der Waals surface area contributed by atoms with Gasteiger partial charge in [-0.05, 0) is 50.5 Å². The molecule has 1 amide bonds. The van der Waals surface area contributed by atoms with Crippen molar-refractivity contribution in [3.8, 4) is 0 Å². The predicted octanol–water partition coefficient (Wildman–Crippen LogP) is 2.39. The number of carbonyl (C=O) groups excluding carboxylic acids is 1. The Balaban J connectivity index is 1.43. The zero-order chi connectivity index (χ0) is 19.7. The average molecular weight is 401 g/mol.